The van der Waals surface area contributed by atoms with Crippen LogP contribution in [0.25, 0.3) is 0 Å². The zero-order valence-corrected chi connectivity index (χ0v) is 15.6. The molecule has 0 aromatic carbocycles. The number of ether oxygens (including phenoxy) is 3. The van der Waals surface area contributed by atoms with E-state index in [-0.39, 0.29) is 5.57 Å². The van der Waals surface area contributed by atoms with Crippen LogP contribution < -0.4 is 0 Å². The normalized spacial score (nSPS) is 15.3. The van der Waals surface area contributed by atoms with Crippen molar-refractivity contribution in [2.75, 3.05) is 7.11 Å². The Kier molecular flexibility index (Phi) is 9.26. The van der Waals surface area contributed by atoms with Crippen molar-refractivity contribution >= 4 is 11.9 Å². The van der Waals surface area contributed by atoms with Crippen molar-refractivity contribution in [3.05, 3.63) is 48.0 Å². The first-order valence-electron chi connectivity index (χ1n) is 8.69. The van der Waals surface area contributed by atoms with Gasteiger partial charge in [0.1, 0.15) is 0 Å². The third-order valence-electron chi connectivity index (χ3n) is 3.82. The van der Waals surface area contributed by atoms with E-state index in [2.05, 4.69) is 30.0 Å². The number of carbonyl (C=O) groups is 2. The first kappa shape index (κ1) is 21.5. The van der Waals surface area contributed by atoms with Crippen LogP contribution in [0.1, 0.15) is 51.9 Å². The van der Waals surface area contributed by atoms with Gasteiger partial charge >= 0.3 is 11.9 Å². The number of rotatable bonds is 8. The van der Waals surface area contributed by atoms with Crippen LogP contribution in [0.15, 0.2) is 48.0 Å². The summed E-state index contributed by atoms with van der Waals surface area (Å²) in [5.41, 5.74) is 0.546. The van der Waals surface area contributed by atoms with Crippen molar-refractivity contribution in [2.24, 2.45) is 0 Å². The lowest BCUT2D eigenvalue weighted by Crippen LogP contribution is -2.20. The molecule has 0 aromatic heterocycles. The van der Waals surface area contributed by atoms with Crippen LogP contribution in [0, 0.1) is 0 Å². The number of carbonyl (C=O) groups excluding carboxylic acids is 1. The summed E-state index contributed by atoms with van der Waals surface area (Å²) >= 11 is 0. The van der Waals surface area contributed by atoms with Crippen molar-refractivity contribution in [3.63, 3.8) is 0 Å². The third kappa shape index (κ3) is 8.05. The summed E-state index contributed by atoms with van der Waals surface area (Å²) in [5.74, 6) is 0.551. The van der Waals surface area contributed by atoms with Gasteiger partial charge in [-0.3, -0.25) is 0 Å². The van der Waals surface area contributed by atoms with Crippen LogP contribution in [0.3, 0.4) is 0 Å². The number of carboxylic acid groups (broad SMARTS) is 1. The standard InChI is InChI=1S/C16H22O4.C4H6O2/c1-12(16(17)18-2)11-15(19-13-7-3-4-8-13)20-14-9-5-6-10-14;1-3(2)4(5)6/h7,9,15H,1,3-6,8,10-11H2,2H3;1H2,2H3,(H,5,6). The Morgan fingerprint density at radius 2 is 1.58 bits per heavy atom. The van der Waals surface area contributed by atoms with Gasteiger partial charge in [0, 0.05) is 24.0 Å². The molecule has 26 heavy (non-hydrogen) atoms. The average molecular weight is 364 g/mol. The summed E-state index contributed by atoms with van der Waals surface area (Å²) in [7, 11) is 1.35. The molecule has 144 valence electrons. The minimum absolute atomic E-state index is 0.176. The average Bonchev–Trinajstić information content (AvgIpc) is 3.28. The van der Waals surface area contributed by atoms with E-state index < -0.39 is 18.2 Å². The van der Waals surface area contributed by atoms with Gasteiger partial charge in [-0.05, 0) is 44.8 Å². The molecule has 2 rings (SSSR count). The van der Waals surface area contributed by atoms with E-state index >= 15 is 0 Å². The summed E-state index contributed by atoms with van der Waals surface area (Å²) in [6.45, 7) is 8.34. The van der Waals surface area contributed by atoms with E-state index in [0.717, 1.165) is 50.0 Å². The molecule has 0 saturated carbocycles. The van der Waals surface area contributed by atoms with Crippen LogP contribution in [-0.2, 0) is 23.8 Å². The summed E-state index contributed by atoms with van der Waals surface area (Å²) < 4.78 is 16.4. The number of hydrogen-bond donors (Lipinski definition) is 1. The fourth-order valence-electron chi connectivity index (χ4n) is 2.37. The Morgan fingerprint density at radius 1 is 1.12 bits per heavy atom. The Balaban J connectivity index is 0.000000487. The second-order valence-corrected chi connectivity index (χ2v) is 6.18. The topological polar surface area (TPSA) is 82.1 Å². The van der Waals surface area contributed by atoms with E-state index in [4.69, 9.17) is 14.6 Å². The highest BCUT2D eigenvalue weighted by Crippen LogP contribution is 2.27. The third-order valence-corrected chi connectivity index (χ3v) is 3.82. The number of hydrogen-bond acceptors (Lipinski definition) is 5. The summed E-state index contributed by atoms with van der Waals surface area (Å²) in [4.78, 5) is 21.1. The van der Waals surface area contributed by atoms with E-state index in [1.807, 2.05) is 0 Å². The first-order valence-corrected chi connectivity index (χ1v) is 8.69. The Bertz CT molecular complexity index is 561. The lowest BCUT2D eigenvalue weighted by molar-refractivity contribution is -0.138. The van der Waals surface area contributed by atoms with Crippen molar-refractivity contribution in [3.8, 4) is 0 Å². The molecule has 0 spiro atoms. The van der Waals surface area contributed by atoms with Gasteiger partial charge in [-0.15, -0.1) is 0 Å². The van der Waals surface area contributed by atoms with Crippen LogP contribution in [0.4, 0.5) is 0 Å². The molecular weight excluding hydrogens is 336 g/mol. The SMILES string of the molecule is C=C(C)C(=O)O.C=C(CC(OC1=CCCC1)OC1=CCCC1)C(=O)OC. The fourth-order valence-corrected chi connectivity index (χ4v) is 2.37. The zero-order chi connectivity index (χ0) is 19.5. The van der Waals surface area contributed by atoms with Crippen LogP contribution in [-0.4, -0.2) is 30.4 Å². The number of esters is 1. The Labute approximate surface area is 154 Å². The van der Waals surface area contributed by atoms with Crippen LogP contribution in [0.5, 0.6) is 0 Å². The first-order chi connectivity index (χ1) is 12.3. The number of methoxy groups -OCH3 is 1. The molecule has 0 radical (unpaired) electrons. The van der Waals surface area contributed by atoms with Crippen molar-refractivity contribution < 1.29 is 28.9 Å². The summed E-state index contributed by atoms with van der Waals surface area (Å²) in [5, 5.41) is 7.89. The molecule has 6 nitrogen and oxygen atoms in total. The number of carboxylic acids is 1. The maximum atomic E-state index is 11.5. The molecule has 0 atom stereocenters. The minimum Gasteiger partial charge on any atom is -0.478 e. The van der Waals surface area contributed by atoms with E-state index in [0.29, 0.717) is 12.0 Å². The fraction of sp³-hybridized carbons (Fsp3) is 0.500. The number of allylic oxidation sites excluding steroid dienone is 4. The molecule has 2 aliphatic carbocycles. The molecule has 2 aliphatic rings. The molecule has 6 heteroatoms. The van der Waals surface area contributed by atoms with Crippen LogP contribution >= 0.6 is 0 Å². The molecule has 0 bridgehead atoms. The quantitative estimate of drug-likeness (QED) is 0.394. The van der Waals surface area contributed by atoms with E-state index in [9.17, 15) is 9.59 Å². The van der Waals surface area contributed by atoms with Gasteiger partial charge in [-0.2, -0.15) is 0 Å². The highest BCUT2D eigenvalue weighted by molar-refractivity contribution is 5.87. The lowest BCUT2D eigenvalue weighted by Gasteiger charge is -2.22. The Morgan fingerprint density at radius 3 is 1.88 bits per heavy atom. The maximum Gasteiger partial charge on any atom is 0.333 e. The molecule has 1 N–H and O–H groups in total. The molecule has 0 heterocycles. The van der Waals surface area contributed by atoms with Gasteiger partial charge in [-0.25, -0.2) is 9.59 Å². The zero-order valence-electron chi connectivity index (χ0n) is 15.6. The van der Waals surface area contributed by atoms with E-state index in [1.54, 1.807) is 0 Å². The molecule has 0 aromatic rings. The van der Waals surface area contributed by atoms with Gasteiger partial charge in [-0.1, -0.05) is 13.2 Å². The van der Waals surface area contributed by atoms with Gasteiger partial charge in [0.05, 0.1) is 25.0 Å². The van der Waals surface area contributed by atoms with E-state index in [1.165, 1.54) is 14.0 Å². The lowest BCUT2D eigenvalue weighted by atomic mass is 10.2. The second-order valence-electron chi connectivity index (χ2n) is 6.18. The van der Waals surface area contributed by atoms with Crippen molar-refractivity contribution in [2.45, 2.75) is 58.2 Å². The maximum absolute atomic E-state index is 11.5. The van der Waals surface area contributed by atoms with Gasteiger partial charge in [0.15, 0.2) is 0 Å². The monoisotopic (exact) mass is 364 g/mol. The molecular formula is C20H28O6. The van der Waals surface area contributed by atoms with Crippen molar-refractivity contribution in [1.29, 1.82) is 0 Å². The molecule has 0 unspecified atom stereocenters. The number of aliphatic carboxylic acids is 1. The van der Waals surface area contributed by atoms with Crippen molar-refractivity contribution in [1.82, 2.24) is 0 Å². The molecule has 0 saturated heterocycles. The largest absolute Gasteiger partial charge is 0.478 e. The van der Waals surface area contributed by atoms with Crippen LogP contribution in [0.2, 0.25) is 0 Å². The Hall–Kier alpha value is -2.50. The minimum atomic E-state index is -0.935. The van der Waals surface area contributed by atoms with Gasteiger partial charge < -0.3 is 19.3 Å². The smallest absolute Gasteiger partial charge is 0.333 e. The van der Waals surface area contributed by atoms with Gasteiger partial charge in [0.2, 0.25) is 6.29 Å². The van der Waals surface area contributed by atoms with Gasteiger partial charge in [0.25, 0.3) is 0 Å². The molecule has 0 aliphatic heterocycles. The molecule has 0 amide bonds. The molecule has 0 fully saturated rings. The highest BCUT2D eigenvalue weighted by Gasteiger charge is 2.22. The second kappa shape index (κ2) is 11.2. The highest BCUT2D eigenvalue weighted by atomic mass is 16.7. The summed E-state index contributed by atoms with van der Waals surface area (Å²) in [6.07, 6.45) is 10.2. The predicted octanol–water partition coefficient (Wildman–Crippen LogP) is 4.25. The predicted molar refractivity (Wildman–Crippen MR) is 98.0 cm³/mol. The summed E-state index contributed by atoms with van der Waals surface area (Å²) in [6, 6.07) is 0.